The van der Waals surface area contributed by atoms with Gasteiger partial charge in [0.25, 0.3) is 0 Å². The lowest BCUT2D eigenvalue weighted by Crippen LogP contribution is -1.99. The highest BCUT2D eigenvalue weighted by Gasteiger charge is 2.04. The Balaban J connectivity index is 2.43. The van der Waals surface area contributed by atoms with Crippen LogP contribution in [0.4, 0.5) is 4.39 Å². The minimum Gasteiger partial charge on any atom is -0.467 e. The number of ether oxygens (including phenoxy) is 2. The van der Waals surface area contributed by atoms with Crippen LogP contribution in [0.5, 0.6) is 5.75 Å². The Morgan fingerprint density at radius 1 is 1.40 bits per heavy atom. The number of pyridine rings is 1. The van der Waals surface area contributed by atoms with Gasteiger partial charge in [0.1, 0.15) is 11.3 Å². The van der Waals surface area contributed by atoms with Crippen molar-refractivity contribution >= 4 is 10.9 Å². The first-order chi connectivity index (χ1) is 7.31. The van der Waals surface area contributed by atoms with Crippen LogP contribution in [-0.4, -0.2) is 18.9 Å². The first kappa shape index (κ1) is 9.86. The summed E-state index contributed by atoms with van der Waals surface area (Å²) in [5.41, 5.74) is 0.349. The van der Waals surface area contributed by atoms with Crippen molar-refractivity contribution < 1.29 is 13.9 Å². The van der Waals surface area contributed by atoms with Crippen molar-refractivity contribution in [2.75, 3.05) is 13.9 Å². The van der Waals surface area contributed by atoms with Crippen molar-refractivity contribution in [1.29, 1.82) is 0 Å². The van der Waals surface area contributed by atoms with Gasteiger partial charge in [0.05, 0.1) is 0 Å². The third-order valence-electron chi connectivity index (χ3n) is 1.98. The highest BCUT2D eigenvalue weighted by atomic mass is 19.1. The molecule has 1 heterocycles. The van der Waals surface area contributed by atoms with Gasteiger partial charge in [-0.3, -0.25) is 4.98 Å². The zero-order valence-corrected chi connectivity index (χ0v) is 8.24. The van der Waals surface area contributed by atoms with Gasteiger partial charge in [-0.25, -0.2) is 4.39 Å². The summed E-state index contributed by atoms with van der Waals surface area (Å²) < 4.78 is 23.4. The quantitative estimate of drug-likeness (QED) is 0.724. The number of hydrogen-bond acceptors (Lipinski definition) is 3. The molecule has 0 bridgehead atoms. The van der Waals surface area contributed by atoms with Crippen molar-refractivity contribution in [2.45, 2.75) is 0 Å². The molecule has 0 unspecified atom stereocenters. The van der Waals surface area contributed by atoms with Gasteiger partial charge in [0.15, 0.2) is 12.6 Å². The van der Waals surface area contributed by atoms with E-state index < -0.39 is 0 Å². The maximum Gasteiger partial charge on any atom is 0.188 e. The molecule has 3 nitrogen and oxygen atoms in total. The number of hydrogen-bond donors (Lipinski definition) is 0. The molecule has 0 aliphatic heterocycles. The third kappa shape index (κ3) is 2.05. The molecule has 0 fully saturated rings. The van der Waals surface area contributed by atoms with E-state index in [1.165, 1.54) is 13.2 Å². The van der Waals surface area contributed by atoms with Gasteiger partial charge in [-0.15, -0.1) is 0 Å². The summed E-state index contributed by atoms with van der Waals surface area (Å²) in [5, 5.41) is 0.712. The molecule has 0 radical (unpaired) electrons. The molecule has 78 valence electrons. The summed E-state index contributed by atoms with van der Waals surface area (Å²) in [7, 11) is 1.51. The number of rotatable bonds is 3. The fourth-order valence-corrected chi connectivity index (χ4v) is 1.33. The average Bonchev–Trinajstić information content (AvgIpc) is 2.26. The molecule has 1 aromatic carbocycles. The molecular weight excluding hydrogens is 197 g/mol. The predicted octanol–water partition coefficient (Wildman–Crippen LogP) is 2.36. The number of halogens is 1. The van der Waals surface area contributed by atoms with E-state index in [4.69, 9.17) is 9.47 Å². The van der Waals surface area contributed by atoms with Gasteiger partial charge in [-0.05, 0) is 12.1 Å². The van der Waals surface area contributed by atoms with E-state index in [0.29, 0.717) is 16.7 Å². The van der Waals surface area contributed by atoms with Crippen molar-refractivity contribution in [1.82, 2.24) is 4.98 Å². The van der Waals surface area contributed by atoms with Crippen LogP contribution in [0, 0.1) is 5.82 Å². The lowest BCUT2D eigenvalue weighted by atomic mass is 10.2. The molecule has 1 aromatic heterocycles. The second-order valence-corrected chi connectivity index (χ2v) is 3.03. The minimum absolute atomic E-state index is 0.102. The monoisotopic (exact) mass is 207 g/mol. The Morgan fingerprint density at radius 3 is 3.07 bits per heavy atom. The van der Waals surface area contributed by atoms with E-state index in [-0.39, 0.29) is 12.6 Å². The van der Waals surface area contributed by atoms with Gasteiger partial charge in [-0.1, -0.05) is 6.07 Å². The normalized spacial score (nSPS) is 10.5. The Kier molecular flexibility index (Phi) is 2.78. The smallest absolute Gasteiger partial charge is 0.188 e. The van der Waals surface area contributed by atoms with E-state index >= 15 is 0 Å². The van der Waals surface area contributed by atoms with Crippen LogP contribution in [0.3, 0.4) is 0 Å². The highest BCUT2D eigenvalue weighted by Crippen LogP contribution is 2.22. The van der Waals surface area contributed by atoms with Crippen molar-refractivity contribution in [3.05, 3.63) is 36.3 Å². The topological polar surface area (TPSA) is 31.4 Å². The fourth-order valence-electron chi connectivity index (χ4n) is 1.33. The maximum absolute atomic E-state index is 13.5. The molecule has 0 atom stereocenters. The SMILES string of the molecule is COCOc1cc(F)c2ncccc2c1. The van der Waals surface area contributed by atoms with Crippen LogP contribution in [0.1, 0.15) is 0 Å². The lowest BCUT2D eigenvalue weighted by Gasteiger charge is -2.06. The first-order valence-corrected chi connectivity index (χ1v) is 4.47. The molecule has 0 spiro atoms. The largest absolute Gasteiger partial charge is 0.467 e. The standard InChI is InChI=1S/C11H10FNO2/c1-14-7-15-9-5-8-3-2-4-13-11(8)10(12)6-9/h2-6H,7H2,1H3. The molecule has 4 heteroatoms. The number of nitrogens with zero attached hydrogens (tertiary/aromatic N) is 1. The third-order valence-corrected chi connectivity index (χ3v) is 1.98. The second-order valence-electron chi connectivity index (χ2n) is 3.03. The molecule has 0 aliphatic carbocycles. The molecule has 0 saturated carbocycles. The van der Waals surface area contributed by atoms with Crippen LogP contribution in [0.15, 0.2) is 30.5 Å². The molecule has 0 N–H and O–H groups in total. The number of methoxy groups -OCH3 is 1. The number of fused-ring (bicyclic) bond motifs is 1. The molecule has 0 amide bonds. The molecule has 2 aromatic rings. The Morgan fingerprint density at radius 2 is 2.27 bits per heavy atom. The van der Waals surface area contributed by atoms with E-state index in [1.54, 1.807) is 24.4 Å². The number of aromatic nitrogens is 1. The molecule has 0 aliphatic rings. The fraction of sp³-hybridized carbons (Fsp3) is 0.182. The molecule has 15 heavy (non-hydrogen) atoms. The zero-order valence-electron chi connectivity index (χ0n) is 8.24. The van der Waals surface area contributed by atoms with Crippen LogP contribution in [0.25, 0.3) is 10.9 Å². The summed E-state index contributed by atoms with van der Waals surface area (Å²) in [6.45, 7) is 0.102. The van der Waals surface area contributed by atoms with Crippen molar-refractivity contribution in [3.63, 3.8) is 0 Å². The predicted molar refractivity (Wildman–Crippen MR) is 54.2 cm³/mol. The lowest BCUT2D eigenvalue weighted by molar-refractivity contribution is 0.0510. The van der Waals surface area contributed by atoms with Gasteiger partial charge in [0.2, 0.25) is 0 Å². The average molecular weight is 207 g/mol. The molecule has 2 rings (SSSR count). The van der Waals surface area contributed by atoms with E-state index in [9.17, 15) is 4.39 Å². The molecule has 0 saturated heterocycles. The van der Waals surface area contributed by atoms with Gasteiger partial charge >= 0.3 is 0 Å². The van der Waals surface area contributed by atoms with Crippen molar-refractivity contribution in [3.8, 4) is 5.75 Å². The summed E-state index contributed by atoms with van der Waals surface area (Å²) in [6.07, 6.45) is 1.56. The van der Waals surface area contributed by atoms with E-state index in [2.05, 4.69) is 4.98 Å². The number of benzene rings is 1. The van der Waals surface area contributed by atoms with Crippen LogP contribution < -0.4 is 4.74 Å². The summed E-state index contributed by atoms with van der Waals surface area (Å²) >= 11 is 0. The van der Waals surface area contributed by atoms with Crippen LogP contribution in [0.2, 0.25) is 0 Å². The zero-order chi connectivity index (χ0) is 10.7. The summed E-state index contributed by atoms with van der Waals surface area (Å²) in [6, 6.07) is 6.56. The van der Waals surface area contributed by atoms with E-state index in [0.717, 1.165) is 0 Å². The highest BCUT2D eigenvalue weighted by molar-refractivity contribution is 5.80. The molecular formula is C11H10FNO2. The Bertz CT molecular complexity index is 473. The van der Waals surface area contributed by atoms with Crippen molar-refractivity contribution in [2.24, 2.45) is 0 Å². The van der Waals surface area contributed by atoms with Gasteiger partial charge < -0.3 is 9.47 Å². The summed E-state index contributed by atoms with van der Waals surface area (Å²) in [5.74, 6) is 0.0500. The Hall–Kier alpha value is -1.68. The van der Waals surface area contributed by atoms with Gasteiger partial charge in [0, 0.05) is 24.8 Å². The first-order valence-electron chi connectivity index (χ1n) is 4.47. The second kappa shape index (κ2) is 4.23. The minimum atomic E-state index is -0.390. The maximum atomic E-state index is 13.5. The van der Waals surface area contributed by atoms with Crippen LogP contribution >= 0.6 is 0 Å². The van der Waals surface area contributed by atoms with Gasteiger partial charge in [-0.2, -0.15) is 0 Å². The summed E-state index contributed by atoms with van der Waals surface area (Å²) in [4.78, 5) is 3.94. The van der Waals surface area contributed by atoms with E-state index in [1.807, 2.05) is 0 Å². The van der Waals surface area contributed by atoms with Crippen LogP contribution in [-0.2, 0) is 4.74 Å². The Labute approximate surface area is 86.5 Å².